The van der Waals surface area contributed by atoms with Gasteiger partial charge < -0.3 is 0 Å². The quantitative estimate of drug-likeness (QED) is 0.283. The Bertz CT molecular complexity index is 912. The first-order valence-electron chi connectivity index (χ1n) is 20.0. The van der Waals surface area contributed by atoms with Crippen LogP contribution in [-0.4, -0.2) is 69.1 Å². The molecule has 3 nitrogen and oxygen atoms in total. The minimum Gasteiger partial charge on any atom is -0.294 e. The molecule has 0 aromatic carbocycles. The Hall–Kier alpha value is -0.120. The third-order valence-electron chi connectivity index (χ3n) is 12.4. The second-order valence-electron chi connectivity index (χ2n) is 22.8. The molecule has 0 N–H and O–H groups in total. The molecule has 3 rings (SSSR count). The predicted octanol–water partition coefficient (Wildman–Crippen LogP) is 14.1. The minimum absolute atomic E-state index is 0. The first-order valence-corrected chi connectivity index (χ1v) is 20.0. The van der Waals surface area contributed by atoms with Crippen molar-refractivity contribution in [2.75, 3.05) is 19.6 Å². The van der Waals surface area contributed by atoms with Crippen molar-refractivity contribution in [3.8, 4) is 0 Å². The molecule has 9 unspecified atom stereocenters. The van der Waals surface area contributed by atoms with Gasteiger partial charge in [0.2, 0.25) is 0 Å². The number of likely N-dealkylation sites (tertiary alicyclic amines) is 3. The fraction of sp³-hybridized carbons (Fsp3) is 1.00. The van der Waals surface area contributed by atoms with Gasteiger partial charge in [-0.2, -0.15) is 0 Å². The van der Waals surface area contributed by atoms with Gasteiger partial charge in [0.1, 0.15) is 0 Å². The molecule has 3 heteroatoms. The molecule has 0 amide bonds. The van der Waals surface area contributed by atoms with Crippen molar-refractivity contribution in [1.82, 2.24) is 14.7 Å². The van der Waals surface area contributed by atoms with Crippen molar-refractivity contribution in [2.24, 2.45) is 51.8 Å². The topological polar surface area (TPSA) is 9.72 Å². The van der Waals surface area contributed by atoms with Crippen molar-refractivity contribution < 1.29 is 0 Å². The SMILES string of the molecule is C.C.C.CC1CN(C(C)(C)C)C(C(C)(C)C)C1C.CCC1C(C)CN(C(C)(C)C)C1C(C)(C)C.CCC1CN(C(C)(C)C)C(C(C)(C)C)C1C. The van der Waals surface area contributed by atoms with Gasteiger partial charge in [-0.15, -0.1) is 0 Å². The molecule has 9 atom stereocenters. The average Bonchev–Trinajstić information content (AvgIpc) is 3.49. The largest absolute Gasteiger partial charge is 0.294 e. The highest BCUT2D eigenvalue weighted by atomic mass is 15.3. The summed E-state index contributed by atoms with van der Waals surface area (Å²) in [6.45, 7) is 60.9. The van der Waals surface area contributed by atoms with E-state index < -0.39 is 0 Å². The van der Waals surface area contributed by atoms with E-state index in [9.17, 15) is 0 Å². The Morgan fingerprint density at radius 3 is 0.960 bits per heavy atom. The summed E-state index contributed by atoms with van der Waals surface area (Å²) in [5.41, 5.74) is 2.07. The van der Waals surface area contributed by atoms with Crippen LogP contribution in [0.4, 0.5) is 0 Å². The van der Waals surface area contributed by atoms with Gasteiger partial charge in [-0.05, 0) is 114 Å². The van der Waals surface area contributed by atoms with E-state index in [-0.39, 0.29) is 22.3 Å². The van der Waals surface area contributed by atoms with Crippen molar-refractivity contribution in [3.05, 3.63) is 0 Å². The van der Waals surface area contributed by atoms with Crippen LogP contribution in [0.5, 0.6) is 0 Å². The van der Waals surface area contributed by atoms with Crippen LogP contribution in [0.15, 0.2) is 0 Å². The molecule has 3 fully saturated rings. The first kappa shape index (κ1) is 54.2. The van der Waals surface area contributed by atoms with Gasteiger partial charge in [-0.3, -0.25) is 14.7 Å². The zero-order valence-corrected chi connectivity index (χ0v) is 37.1. The van der Waals surface area contributed by atoms with Crippen LogP contribution in [0.1, 0.15) is 201 Å². The van der Waals surface area contributed by atoms with Crippen LogP contribution in [0.3, 0.4) is 0 Å². The highest BCUT2D eigenvalue weighted by molar-refractivity contribution is 5.02. The van der Waals surface area contributed by atoms with Crippen LogP contribution >= 0.6 is 0 Å². The Balaban J connectivity index is -0.000000644. The number of hydrogen-bond acceptors (Lipinski definition) is 3. The van der Waals surface area contributed by atoms with Crippen molar-refractivity contribution >= 4 is 0 Å². The monoisotopic (exact) mass is 710 g/mol. The van der Waals surface area contributed by atoms with E-state index in [0.717, 1.165) is 47.6 Å². The molecule has 50 heavy (non-hydrogen) atoms. The van der Waals surface area contributed by atoms with E-state index in [1.165, 1.54) is 32.5 Å². The molecule has 3 heterocycles. The maximum Gasteiger partial charge on any atom is 0.0180 e. The smallest absolute Gasteiger partial charge is 0.0180 e. The summed E-state index contributed by atoms with van der Waals surface area (Å²) >= 11 is 0. The number of rotatable bonds is 2. The number of nitrogens with zero attached hydrogens (tertiary/aromatic N) is 3. The molecule has 0 aromatic heterocycles. The lowest BCUT2D eigenvalue weighted by atomic mass is 9.75. The van der Waals surface area contributed by atoms with Crippen molar-refractivity contribution in [3.63, 3.8) is 0 Å². The fourth-order valence-electron chi connectivity index (χ4n) is 10.2. The summed E-state index contributed by atoms with van der Waals surface area (Å²) < 4.78 is 0. The fourth-order valence-corrected chi connectivity index (χ4v) is 10.2. The molecule has 0 bridgehead atoms. The first-order chi connectivity index (χ1) is 20.7. The van der Waals surface area contributed by atoms with Crippen LogP contribution in [0, 0.1) is 51.8 Å². The molecule has 3 saturated heterocycles. The Morgan fingerprint density at radius 2 is 0.700 bits per heavy atom. The molecule has 0 spiro atoms. The van der Waals surface area contributed by atoms with Gasteiger partial charge in [0.05, 0.1) is 0 Å². The normalized spacial score (nSPS) is 31.8. The Kier molecular flexibility index (Phi) is 20.6. The van der Waals surface area contributed by atoms with E-state index in [4.69, 9.17) is 0 Å². The molecular weight excluding hydrogens is 607 g/mol. The molecule has 0 aliphatic carbocycles. The molecular formula is C47H103N3. The molecule has 0 radical (unpaired) electrons. The van der Waals surface area contributed by atoms with E-state index in [1.807, 2.05) is 0 Å². The summed E-state index contributed by atoms with van der Waals surface area (Å²) in [4.78, 5) is 8.19. The van der Waals surface area contributed by atoms with Gasteiger partial charge in [0, 0.05) is 54.4 Å². The van der Waals surface area contributed by atoms with Crippen LogP contribution < -0.4 is 0 Å². The molecule has 0 aromatic rings. The average molecular weight is 710 g/mol. The summed E-state index contributed by atoms with van der Waals surface area (Å²) in [7, 11) is 0. The zero-order valence-electron chi connectivity index (χ0n) is 37.1. The van der Waals surface area contributed by atoms with Gasteiger partial charge in [0.15, 0.2) is 0 Å². The van der Waals surface area contributed by atoms with Gasteiger partial charge in [-0.1, -0.05) is 139 Å². The molecule has 3 aliphatic rings. The number of hydrogen-bond donors (Lipinski definition) is 0. The van der Waals surface area contributed by atoms with Crippen LogP contribution in [-0.2, 0) is 0 Å². The molecule has 3 aliphatic heterocycles. The maximum atomic E-state index is 2.74. The third-order valence-corrected chi connectivity index (χ3v) is 12.4. The molecule has 306 valence electrons. The van der Waals surface area contributed by atoms with Gasteiger partial charge in [-0.25, -0.2) is 0 Å². The van der Waals surface area contributed by atoms with E-state index in [0.29, 0.717) is 38.9 Å². The maximum absolute atomic E-state index is 2.74. The van der Waals surface area contributed by atoms with Crippen molar-refractivity contribution in [1.29, 1.82) is 0 Å². The highest BCUT2D eigenvalue weighted by Gasteiger charge is 2.49. The summed E-state index contributed by atoms with van der Waals surface area (Å²) in [6.07, 6.45) is 2.63. The van der Waals surface area contributed by atoms with Gasteiger partial charge >= 0.3 is 0 Å². The summed E-state index contributed by atoms with van der Waals surface area (Å²) in [5, 5.41) is 0. The Morgan fingerprint density at radius 1 is 0.400 bits per heavy atom. The van der Waals surface area contributed by atoms with Crippen LogP contribution in [0.25, 0.3) is 0 Å². The summed E-state index contributed by atoms with van der Waals surface area (Å²) in [6, 6.07) is 2.16. The van der Waals surface area contributed by atoms with Gasteiger partial charge in [0.25, 0.3) is 0 Å². The lowest BCUT2D eigenvalue weighted by molar-refractivity contribution is 0.0384. The third kappa shape index (κ3) is 13.6. The van der Waals surface area contributed by atoms with Crippen LogP contribution in [0.2, 0.25) is 0 Å². The second kappa shape index (κ2) is 19.0. The van der Waals surface area contributed by atoms with Crippen molar-refractivity contribution in [2.45, 2.75) is 236 Å². The predicted molar refractivity (Wildman–Crippen MR) is 234 cm³/mol. The standard InChI is InChI=1S/2C15H31N.C14H29N.3CH4/c1-9-12-10-16(15(6,7)8)13(11(12)2)14(3,4)5;1-9-12-11(2)10-16(15(6,7)8)13(12)14(3,4)5;1-10-9-15(14(6,7)8)12(11(10)2)13(3,4)5;;;/h2*11-13H,9-10H2,1-8H3;10-12H,9H2,1-8H3;3*1H4. The summed E-state index contributed by atoms with van der Waals surface area (Å²) in [5.74, 6) is 5.04. The second-order valence-corrected chi connectivity index (χ2v) is 22.8. The molecule has 0 saturated carbocycles. The van der Waals surface area contributed by atoms with E-state index in [2.05, 4.69) is 181 Å². The van der Waals surface area contributed by atoms with E-state index >= 15 is 0 Å². The Labute approximate surface area is 321 Å². The lowest BCUT2D eigenvalue weighted by Gasteiger charge is -2.45. The zero-order chi connectivity index (χ0) is 37.5. The highest BCUT2D eigenvalue weighted by Crippen LogP contribution is 2.46. The van der Waals surface area contributed by atoms with E-state index in [1.54, 1.807) is 0 Å². The minimum atomic E-state index is 0. The lowest BCUT2D eigenvalue weighted by Crippen LogP contribution is -2.51.